The number of ether oxygens (including phenoxy) is 2. The van der Waals surface area contributed by atoms with Gasteiger partial charge in [-0.3, -0.25) is 14.4 Å². The molecule has 7 nitrogen and oxygen atoms in total. The summed E-state index contributed by atoms with van der Waals surface area (Å²) in [5.41, 5.74) is 9.83. The van der Waals surface area contributed by atoms with Crippen molar-refractivity contribution in [2.45, 2.75) is 76.7 Å². The molecule has 1 fully saturated rings. The third-order valence-corrected chi connectivity index (χ3v) is 8.17. The predicted octanol–water partition coefficient (Wildman–Crippen LogP) is 5.60. The van der Waals surface area contributed by atoms with Crippen LogP contribution in [0.4, 0.5) is 0 Å². The number of fused-ring (bicyclic) bond motifs is 3. The number of hydrogen-bond acceptors (Lipinski definition) is 5. The molecule has 210 valence electrons. The number of pyridine rings is 1. The number of aromatic nitrogens is 1. The molecule has 0 unspecified atom stereocenters. The third kappa shape index (κ3) is 6.22. The van der Waals surface area contributed by atoms with Crippen LogP contribution in [-0.2, 0) is 27.1 Å². The lowest BCUT2D eigenvalue weighted by molar-refractivity contribution is -0.123. The number of carbonyl (C=O) groups excluding carboxylic acids is 2. The Bertz CT molecular complexity index is 1460. The van der Waals surface area contributed by atoms with E-state index in [1.54, 1.807) is 41.1 Å². The second-order valence-corrected chi connectivity index (χ2v) is 11.4. The van der Waals surface area contributed by atoms with Crippen molar-refractivity contribution in [3.63, 3.8) is 0 Å². The Morgan fingerprint density at radius 1 is 1.07 bits per heavy atom. The van der Waals surface area contributed by atoms with Gasteiger partial charge in [-0.1, -0.05) is 29.8 Å². The Kier molecular flexibility index (Phi) is 8.54. The number of nitrogens with two attached hydrogens (primary N) is 1. The van der Waals surface area contributed by atoms with E-state index < -0.39 is 11.9 Å². The van der Waals surface area contributed by atoms with Gasteiger partial charge >= 0.3 is 0 Å². The van der Waals surface area contributed by atoms with Crippen LogP contribution in [0.5, 0.6) is 0 Å². The van der Waals surface area contributed by atoms with E-state index in [1.807, 2.05) is 32.0 Å². The molecule has 8 heteroatoms. The zero-order chi connectivity index (χ0) is 28.4. The highest BCUT2D eigenvalue weighted by molar-refractivity contribution is 6.30. The van der Waals surface area contributed by atoms with Gasteiger partial charge in [0.2, 0.25) is 5.91 Å². The number of rotatable bonds is 7. The molecule has 0 radical (unpaired) electrons. The molecule has 1 amide bonds. The van der Waals surface area contributed by atoms with E-state index in [0.717, 1.165) is 47.1 Å². The van der Waals surface area contributed by atoms with E-state index >= 15 is 0 Å². The van der Waals surface area contributed by atoms with Crippen molar-refractivity contribution in [3.05, 3.63) is 92.4 Å². The van der Waals surface area contributed by atoms with Crippen LogP contribution < -0.4 is 11.3 Å². The highest BCUT2D eigenvalue weighted by atomic mass is 35.5. The molecule has 2 aliphatic rings. The molecule has 40 heavy (non-hydrogen) atoms. The molecule has 0 aliphatic carbocycles. The minimum absolute atomic E-state index is 0.0418. The summed E-state index contributed by atoms with van der Waals surface area (Å²) < 4.78 is 13.9. The summed E-state index contributed by atoms with van der Waals surface area (Å²) in [6.07, 6.45) is 5.44. The Morgan fingerprint density at radius 3 is 2.55 bits per heavy atom. The minimum Gasteiger partial charge on any atom is -0.378 e. The molecule has 2 aliphatic heterocycles. The second kappa shape index (κ2) is 12.1. The second-order valence-electron chi connectivity index (χ2n) is 10.9. The molecule has 4 atom stereocenters. The maximum atomic E-state index is 13.9. The maximum absolute atomic E-state index is 13.9. The van der Waals surface area contributed by atoms with E-state index in [1.165, 1.54) is 0 Å². The zero-order valence-corrected chi connectivity index (χ0v) is 23.7. The van der Waals surface area contributed by atoms with Crippen LogP contribution in [0.3, 0.4) is 0 Å². The first-order valence-corrected chi connectivity index (χ1v) is 14.3. The summed E-state index contributed by atoms with van der Waals surface area (Å²) in [5, 5.41) is 0.598. The van der Waals surface area contributed by atoms with Gasteiger partial charge in [0.1, 0.15) is 0 Å². The average molecular weight is 563 g/mol. The molecule has 0 bridgehead atoms. The molecule has 0 spiro atoms. The lowest BCUT2D eigenvalue weighted by Gasteiger charge is -2.30. The molecule has 5 rings (SSSR count). The van der Waals surface area contributed by atoms with E-state index in [2.05, 4.69) is 0 Å². The maximum Gasteiger partial charge on any atom is 0.251 e. The van der Waals surface area contributed by atoms with Gasteiger partial charge in [-0.05, 0) is 86.1 Å². The first-order chi connectivity index (χ1) is 19.2. The van der Waals surface area contributed by atoms with Crippen LogP contribution in [0.2, 0.25) is 5.02 Å². The monoisotopic (exact) mass is 562 g/mol. The van der Waals surface area contributed by atoms with Crippen molar-refractivity contribution in [1.82, 2.24) is 4.57 Å². The van der Waals surface area contributed by atoms with Gasteiger partial charge in [0.25, 0.3) is 5.56 Å². The van der Waals surface area contributed by atoms with Crippen molar-refractivity contribution < 1.29 is 19.1 Å². The fourth-order valence-corrected chi connectivity index (χ4v) is 6.04. The lowest BCUT2D eigenvalue weighted by atomic mass is 9.90. The molecule has 2 N–H and O–H groups in total. The Labute approximate surface area is 239 Å². The number of ketones is 1. The van der Waals surface area contributed by atoms with Crippen LogP contribution in [0.15, 0.2) is 59.5 Å². The highest BCUT2D eigenvalue weighted by Gasteiger charge is 2.30. The van der Waals surface area contributed by atoms with Crippen molar-refractivity contribution in [3.8, 4) is 11.1 Å². The van der Waals surface area contributed by atoms with Gasteiger partial charge in [0.05, 0.1) is 24.4 Å². The SMILES string of the molecule is C[C@@H]1Cc2ccc(Cl)cc2-c2cc(=O)n([C@@H](C[C@@H]3CCCCO3)C(=O)Cc3ccc(C(N)=O)cc3)cc2[C@H](C)O1. The molecule has 2 aromatic carbocycles. The van der Waals surface area contributed by atoms with Crippen LogP contribution >= 0.6 is 11.6 Å². The first-order valence-electron chi connectivity index (χ1n) is 13.9. The predicted molar refractivity (Wildman–Crippen MR) is 155 cm³/mol. The summed E-state index contributed by atoms with van der Waals surface area (Å²) in [4.78, 5) is 39.1. The number of primary amides is 1. The number of hydrogen-bond donors (Lipinski definition) is 1. The topological polar surface area (TPSA) is 101 Å². The molecule has 0 saturated carbocycles. The molecule has 1 saturated heterocycles. The average Bonchev–Trinajstić information content (AvgIpc) is 2.93. The first kappa shape index (κ1) is 28.3. The normalized spacial score (nSPS) is 21.4. The van der Waals surface area contributed by atoms with Gasteiger partial charge in [0.15, 0.2) is 5.78 Å². The Balaban J connectivity index is 1.56. The third-order valence-electron chi connectivity index (χ3n) is 7.94. The van der Waals surface area contributed by atoms with E-state index in [0.29, 0.717) is 30.0 Å². The Hall–Kier alpha value is -3.26. The molecule has 3 heterocycles. The zero-order valence-electron chi connectivity index (χ0n) is 22.9. The fraction of sp³-hybridized carbons (Fsp3) is 0.406. The van der Waals surface area contributed by atoms with Crippen LogP contribution in [-0.4, -0.2) is 35.1 Å². The number of Topliss-reactive ketones (excluding diaryl/α,β-unsaturated/α-hetero) is 1. The van der Waals surface area contributed by atoms with Gasteiger partial charge in [-0.25, -0.2) is 0 Å². The summed E-state index contributed by atoms with van der Waals surface area (Å²) in [5.74, 6) is -0.620. The number of carbonyl (C=O) groups is 2. The summed E-state index contributed by atoms with van der Waals surface area (Å²) >= 11 is 6.39. The number of amides is 1. The van der Waals surface area contributed by atoms with Gasteiger partial charge in [-0.15, -0.1) is 0 Å². The molecular formula is C32H35ClN2O5. The van der Waals surface area contributed by atoms with E-state index in [4.69, 9.17) is 26.8 Å². The Morgan fingerprint density at radius 2 is 1.85 bits per heavy atom. The van der Waals surface area contributed by atoms with Crippen molar-refractivity contribution in [2.24, 2.45) is 5.73 Å². The van der Waals surface area contributed by atoms with Crippen molar-refractivity contribution in [1.29, 1.82) is 0 Å². The number of nitrogens with zero attached hydrogens (tertiary/aromatic N) is 1. The molecular weight excluding hydrogens is 528 g/mol. The van der Waals surface area contributed by atoms with E-state index in [-0.39, 0.29) is 36.1 Å². The van der Waals surface area contributed by atoms with Gasteiger partial charge < -0.3 is 19.8 Å². The van der Waals surface area contributed by atoms with Crippen LogP contribution in [0, 0.1) is 0 Å². The smallest absolute Gasteiger partial charge is 0.251 e. The van der Waals surface area contributed by atoms with E-state index in [9.17, 15) is 14.4 Å². The minimum atomic E-state index is -0.717. The lowest BCUT2D eigenvalue weighted by Crippen LogP contribution is -2.35. The highest BCUT2D eigenvalue weighted by Crippen LogP contribution is 2.37. The molecule has 3 aromatic rings. The number of benzene rings is 2. The van der Waals surface area contributed by atoms with Crippen molar-refractivity contribution in [2.75, 3.05) is 6.61 Å². The van der Waals surface area contributed by atoms with Gasteiger partial charge in [-0.2, -0.15) is 0 Å². The molecule has 1 aromatic heterocycles. The van der Waals surface area contributed by atoms with Crippen LogP contribution in [0.25, 0.3) is 11.1 Å². The van der Waals surface area contributed by atoms with Gasteiger partial charge in [0, 0.05) is 47.9 Å². The summed E-state index contributed by atoms with van der Waals surface area (Å²) in [6, 6.07) is 13.3. The quantitative estimate of drug-likeness (QED) is 0.404. The van der Waals surface area contributed by atoms with Crippen LogP contribution in [0.1, 0.15) is 78.7 Å². The largest absolute Gasteiger partial charge is 0.378 e. The number of halogens is 1. The van der Waals surface area contributed by atoms with Crippen molar-refractivity contribution >= 4 is 23.3 Å². The standard InChI is InChI=1S/C32H35ClN2O5/c1-19-13-23-10-11-24(33)15-26(23)27-17-31(37)35(18-28(27)20(2)40-19)29(16-25-5-3-4-12-39-25)30(36)14-21-6-8-22(9-7-21)32(34)38/h6-11,15,17-20,25,29H,3-5,12-14,16H2,1-2H3,(H2,34,38)/t19-,20+,25+,29+/m1/s1. The summed E-state index contributed by atoms with van der Waals surface area (Å²) in [7, 11) is 0. The summed E-state index contributed by atoms with van der Waals surface area (Å²) in [6.45, 7) is 4.66. The fourth-order valence-electron chi connectivity index (χ4n) is 5.87.